The molecule has 1 aliphatic rings. The maximum absolute atomic E-state index is 13.1. The molecular formula is C25H30N2O5. The highest BCUT2D eigenvalue weighted by Crippen LogP contribution is 2.38. The largest absolute Gasteiger partial charge is 0.497 e. The molecule has 0 saturated carbocycles. The fourth-order valence-electron chi connectivity index (χ4n) is 4.03. The zero-order valence-electron chi connectivity index (χ0n) is 18.6. The average Bonchev–Trinajstić information content (AvgIpc) is 2.82. The molecule has 1 saturated heterocycles. The first-order valence-corrected chi connectivity index (χ1v) is 10.9. The first kappa shape index (κ1) is 23.3. The quantitative estimate of drug-likeness (QED) is 0.603. The van der Waals surface area contributed by atoms with Crippen LogP contribution in [0, 0.1) is 5.92 Å². The van der Waals surface area contributed by atoms with Gasteiger partial charge in [-0.25, -0.2) is 0 Å². The van der Waals surface area contributed by atoms with E-state index in [9.17, 15) is 14.4 Å². The number of nitrogens with zero attached hydrogens (tertiary/aromatic N) is 1. The number of rotatable bonds is 9. The van der Waals surface area contributed by atoms with Crippen LogP contribution in [0.5, 0.6) is 5.75 Å². The molecule has 0 spiro atoms. The Labute approximate surface area is 188 Å². The number of carbonyl (C=O) groups is 3. The van der Waals surface area contributed by atoms with Gasteiger partial charge in [-0.2, -0.15) is 0 Å². The molecule has 2 atom stereocenters. The minimum atomic E-state index is -0.505. The van der Waals surface area contributed by atoms with E-state index in [-0.39, 0.29) is 24.5 Å². The minimum Gasteiger partial charge on any atom is -0.497 e. The van der Waals surface area contributed by atoms with Crippen molar-refractivity contribution >= 4 is 17.8 Å². The van der Waals surface area contributed by atoms with Gasteiger partial charge in [0, 0.05) is 18.5 Å². The van der Waals surface area contributed by atoms with Crippen LogP contribution in [0.2, 0.25) is 0 Å². The lowest BCUT2D eigenvalue weighted by Gasteiger charge is -2.40. The first-order chi connectivity index (χ1) is 15.4. The van der Waals surface area contributed by atoms with Gasteiger partial charge in [0.2, 0.25) is 11.8 Å². The number of amides is 2. The highest BCUT2D eigenvalue weighted by Gasteiger charge is 2.41. The number of nitrogens with two attached hydrogens (primary N) is 1. The van der Waals surface area contributed by atoms with E-state index in [0.717, 1.165) is 29.7 Å². The number of benzene rings is 2. The van der Waals surface area contributed by atoms with Crippen LogP contribution in [0.3, 0.4) is 0 Å². The van der Waals surface area contributed by atoms with E-state index in [0.29, 0.717) is 24.9 Å². The van der Waals surface area contributed by atoms with Crippen molar-refractivity contribution < 1.29 is 23.9 Å². The van der Waals surface area contributed by atoms with Crippen LogP contribution < -0.4 is 10.5 Å². The molecule has 2 amide bonds. The first-order valence-electron chi connectivity index (χ1n) is 10.9. The molecular weight excluding hydrogens is 408 g/mol. The van der Waals surface area contributed by atoms with Crippen LogP contribution in [-0.4, -0.2) is 36.3 Å². The molecule has 1 aliphatic heterocycles. The topological polar surface area (TPSA) is 98.9 Å². The molecule has 170 valence electrons. The lowest BCUT2D eigenvalue weighted by Crippen LogP contribution is -2.46. The summed E-state index contributed by atoms with van der Waals surface area (Å²) in [5.41, 5.74) is 7.32. The Kier molecular flexibility index (Phi) is 7.87. The van der Waals surface area contributed by atoms with E-state index >= 15 is 0 Å². The SMILES string of the molecule is CCCCN1C(=O)CC[C@@H](C(=O)OCc2ccc(C(N)=O)cc2)[C@@H]1c1ccc(OC)cc1. The maximum atomic E-state index is 13.1. The van der Waals surface area contributed by atoms with Crippen LogP contribution in [0.1, 0.15) is 60.1 Å². The Bertz CT molecular complexity index is 940. The number of piperidine rings is 1. The number of ether oxygens (including phenoxy) is 2. The Balaban J connectivity index is 1.79. The van der Waals surface area contributed by atoms with Crippen molar-refractivity contribution in [1.82, 2.24) is 4.90 Å². The summed E-state index contributed by atoms with van der Waals surface area (Å²) in [6, 6.07) is 13.8. The molecule has 32 heavy (non-hydrogen) atoms. The highest BCUT2D eigenvalue weighted by atomic mass is 16.5. The number of esters is 1. The summed E-state index contributed by atoms with van der Waals surface area (Å²) in [5, 5.41) is 0. The molecule has 7 nitrogen and oxygen atoms in total. The number of hydrogen-bond donors (Lipinski definition) is 1. The van der Waals surface area contributed by atoms with Crippen LogP contribution >= 0.6 is 0 Å². The molecule has 1 heterocycles. The number of carbonyl (C=O) groups excluding carboxylic acids is 3. The molecule has 2 aromatic rings. The van der Waals surface area contributed by atoms with Gasteiger partial charge in [0.15, 0.2) is 0 Å². The molecule has 0 bridgehead atoms. The predicted octanol–water partition coefficient (Wildman–Crippen LogP) is 3.62. The summed E-state index contributed by atoms with van der Waals surface area (Å²) in [6.45, 7) is 2.77. The normalized spacial score (nSPS) is 18.3. The molecule has 0 aromatic heterocycles. The Morgan fingerprint density at radius 3 is 2.38 bits per heavy atom. The van der Waals surface area contributed by atoms with Gasteiger partial charge >= 0.3 is 5.97 Å². The zero-order chi connectivity index (χ0) is 23.1. The van der Waals surface area contributed by atoms with E-state index in [1.54, 1.807) is 31.4 Å². The molecule has 0 unspecified atom stereocenters. The lowest BCUT2D eigenvalue weighted by molar-refractivity contribution is -0.158. The van der Waals surface area contributed by atoms with Crippen LogP contribution in [0.4, 0.5) is 0 Å². The minimum absolute atomic E-state index is 0.0605. The van der Waals surface area contributed by atoms with Gasteiger partial charge in [0.05, 0.1) is 19.1 Å². The lowest BCUT2D eigenvalue weighted by atomic mass is 9.84. The molecule has 2 aromatic carbocycles. The van der Waals surface area contributed by atoms with Crippen molar-refractivity contribution in [1.29, 1.82) is 0 Å². The molecule has 0 radical (unpaired) electrons. The second-order valence-corrected chi connectivity index (χ2v) is 7.97. The van der Waals surface area contributed by atoms with E-state index in [2.05, 4.69) is 6.92 Å². The van der Waals surface area contributed by atoms with Crippen LogP contribution in [0.15, 0.2) is 48.5 Å². The summed E-state index contributed by atoms with van der Waals surface area (Å²) in [7, 11) is 1.60. The van der Waals surface area contributed by atoms with Crippen molar-refractivity contribution in [2.75, 3.05) is 13.7 Å². The van der Waals surface area contributed by atoms with E-state index < -0.39 is 11.8 Å². The van der Waals surface area contributed by atoms with Gasteiger partial charge in [-0.3, -0.25) is 14.4 Å². The maximum Gasteiger partial charge on any atom is 0.311 e. The molecule has 3 rings (SSSR count). The monoisotopic (exact) mass is 438 g/mol. The third kappa shape index (κ3) is 5.46. The van der Waals surface area contributed by atoms with Crippen molar-refractivity contribution in [2.45, 2.75) is 45.3 Å². The summed E-state index contributed by atoms with van der Waals surface area (Å²) >= 11 is 0. The second kappa shape index (κ2) is 10.8. The molecule has 0 aliphatic carbocycles. The number of likely N-dealkylation sites (tertiary alicyclic amines) is 1. The average molecular weight is 439 g/mol. The number of methoxy groups -OCH3 is 1. The van der Waals surface area contributed by atoms with Crippen molar-refractivity contribution in [3.63, 3.8) is 0 Å². The Morgan fingerprint density at radius 1 is 1.09 bits per heavy atom. The fraction of sp³-hybridized carbons (Fsp3) is 0.400. The Morgan fingerprint density at radius 2 is 1.78 bits per heavy atom. The van der Waals surface area contributed by atoms with Crippen molar-refractivity contribution in [2.24, 2.45) is 11.7 Å². The molecule has 7 heteroatoms. The summed E-state index contributed by atoms with van der Waals surface area (Å²) < 4.78 is 10.9. The fourth-order valence-corrected chi connectivity index (χ4v) is 4.03. The number of unbranched alkanes of at least 4 members (excludes halogenated alkanes) is 1. The summed E-state index contributed by atoms with van der Waals surface area (Å²) in [5.74, 6) is -0.517. The smallest absolute Gasteiger partial charge is 0.311 e. The molecule has 1 fully saturated rings. The van der Waals surface area contributed by atoms with Gasteiger partial charge in [-0.1, -0.05) is 37.6 Å². The van der Waals surface area contributed by atoms with Gasteiger partial charge in [0.25, 0.3) is 0 Å². The summed E-state index contributed by atoms with van der Waals surface area (Å²) in [6.07, 6.45) is 2.59. The highest BCUT2D eigenvalue weighted by molar-refractivity contribution is 5.92. The van der Waals surface area contributed by atoms with Crippen molar-refractivity contribution in [3.8, 4) is 5.75 Å². The van der Waals surface area contributed by atoms with Crippen molar-refractivity contribution in [3.05, 3.63) is 65.2 Å². The van der Waals surface area contributed by atoms with Crippen LogP contribution in [-0.2, 0) is 20.9 Å². The van der Waals surface area contributed by atoms with Crippen LogP contribution in [0.25, 0.3) is 0 Å². The predicted molar refractivity (Wildman–Crippen MR) is 120 cm³/mol. The van der Waals surface area contributed by atoms with Gasteiger partial charge < -0.3 is 20.1 Å². The third-order valence-corrected chi connectivity index (χ3v) is 5.84. The van der Waals surface area contributed by atoms with Gasteiger partial charge in [-0.05, 0) is 48.2 Å². The van der Waals surface area contributed by atoms with E-state index in [1.165, 1.54) is 0 Å². The molecule has 2 N–H and O–H groups in total. The van der Waals surface area contributed by atoms with Gasteiger partial charge in [-0.15, -0.1) is 0 Å². The third-order valence-electron chi connectivity index (χ3n) is 5.84. The van der Waals surface area contributed by atoms with Gasteiger partial charge in [0.1, 0.15) is 12.4 Å². The van der Waals surface area contributed by atoms with E-state index in [4.69, 9.17) is 15.2 Å². The second-order valence-electron chi connectivity index (χ2n) is 7.97. The number of hydrogen-bond acceptors (Lipinski definition) is 5. The Hall–Kier alpha value is -3.35. The standard InChI is InChI=1S/C25H30N2O5/c1-3-4-15-27-22(28)14-13-21(23(27)18-9-11-20(31-2)12-10-18)25(30)32-16-17-5-7-19(8-6-17)24(26)29/h5-12,21,23H,3-4,13-16H2,1-2H3,(H2,26,29)/t21-,23+/m1/s1. The number of primary amides is 1. The zero-order valence-corrected chi connectivity index (χ0v) is 18.6. The van der Waals surface area contributed by atoms with E-state index in [1.807, 2.05) is 29.2 Å². The summed E-state index contributed by atoms with van der Waals surface area (Å²) in [4.78, 5) is 38.9.